The number of nitrogens with one attached hydrogen (secondary N) is 1. The van der Waals surface area contributed by atoms with Gasteiger partial charge in [-0.05, 0) is 34.4 Å². The summed E-state index contributed by atoms with van der Waals surface area (Å²) >= 11 is 0. The molecule has 0 aliphatic carbocycles. The molecule has 0 saturated carbocycles. The molecule has 0 aromatic rings. The number of unbranched alkanes of at least 4 members (excludes halogenated alkanes) is 13. The lowest BCUT2D eigenvalue weighted by Crippen LogP contribution is -2.06. The molecule has 0 bridgehead atoms. The molecule has 0 spiro atoms. The SMILES string of the molecule is CCCCCCCCCCCCCCCCNP(C)C. The number of hydrogen-bond acceptors (Lipinski definition) is 1. The molecular weight excluding hydrogens is 261 g/mol. The predicted molar refractivity (Wildman–Crippen MR) is 97.1 cm³/mol. The summed E-state index contributed by atoms with van der Waals surface area (Å²) in [6.07, 6.45) is 20.3. The molecule has 0 heterocycles. The van der Waals surface area contributed by atoms with Crippen molar-refractivity contribution in [2.45, 2.75) is 96.8 Å². The van der Waals surface area contributed by atoms with Crippen molar-refractivity contribution in [1.82, 2.24) is 5.09 Å². The molecule has 0 rings (SSSR count). The molecule has 0 atom stereocenters. The molecule has 0 aromatic heterocycles. The van der Waals surface area contributed by atoms with Crippen molar-refractivity contribution in [2.75, 3.05) is 19.9 Å². The number of hydrogen-bond donors (Lipinski definition) is 1. The lowest BCUT2D eigenvalue weighted by Gasteiger charge is -2.07. The van der Waals surface area contributed by atoms with Crippen LogP contribution in [0.15, 0.2) is 0 Å². The molecule has 0 saturated heterocycles. The van der Waals surface area contributed by atoms with E-state index in [2.05, 4.69) is 25.3 Å². The highest BCUT2D eigenvalue weighted by Crippen LogP contribution is 2.17. The maximum absolute atomic E-state index is 3.55. The zero-order valence-corrected chi connectivity index (χ0v) is 15.4. The minimum Gasteiger partial charge on any atom is -0.296 e. The summed E-state index contributed by atoms with van der Waals surface area (Å²) in [4.78, 5) is 0. The van der Waals surface area contributed by atoms with E-state index >= 15 is 0 Å². The van der Waals surface area contributed by atoms with Crippen LogP contribution in [-0.4, -0.2) is 19.9 Å². The molecule has 2 heteroatoms. The van der Waals surface area contributed by atoms with E-state index in [1.54, 1.807) is 0 Å². The average molecular weight is 301 g/mol. The van der Waals surface area contributed by atoms with Crippen LogP contribution in [0, 0.1) is 0 Å². The van der Waals surface area contributed by atoms with Crippen LogP contribution in [0.3, 0.4) is 0 Å². The van der Waals surface area contributed by atoms with Crippen LogP contribution in [0.25, 0.3) is 0 Å². The third kappa shape index (κ3) is 18.4. The average Bonchev–Trinajstić information content (AvgIpc) is 2.43. The van der Waals surface area contributed by atoms with E-state index in [1.807, 2.05) is 0 Å². The van der Waals surface area contributed by atoms with Gasteiger partial charge >= 0.3 is 0 Å². The summed E-state index contributed by atoms with van der Waals surface area (Å²) in [5.41, 5.74) is 0. The van der Waals surface area contributed by atoms with E-state index < -0.39 is 0 Å². The zero-order valence-electron chi connectivity index (χ0n) is 14.6. The normalized spacial score (nSPS) is 11.4. The first kappa shape index (κ1) is 20.4. The molecule has 20 heavy (non-hydrogen) atoms. The summed E-state index contributed by atoms with van der Waals surface area (Å²) in [6, 6.07) is 0. The molecule has 0 amide bonds. The lowest BCUT2D eigenvalue weighted by molar-refractivity contribution is 0.535. The van der Waals surface area contributed by atoms with Gasteiger partial charge in [-0.25, -0.2) is 0 Å². The molecule has 0 aliphatic rings. The van der Waals surface area contributed by atoms with Gasteiger partial charge in [0.2, 0.25) is 0 Å². The zero-order chi connectivity index (χ0) is 14.9. The maximum Gasteiger partial charge on any atom is -0.00101 e. The lowest BCUT2D eigenvalue weighted by atomic mass is 10.0. The van der Waals surface area contributed by atoms with Crippen LogP contribution in [0.5, 0.6) is 0 Å². The quantitative estimate of drug-likeness (QED) is 0.247. The van der Waals surface area contributed by atoms with Crippen molar-refractivity contribution in [3.8, 4) is 0 Å². The van der Waals surface area contributed by atoms with E-state index in [-0.39, 0.29) is 8.07 Å². The van der Waals surface area contributed by atoms with Crippen LogP contribution < -0.4 is 5.09 Å². The van der Waals surface area contributed by atoms with Gasteiger partial charge in [0.25, 0.3) is 0 Å². The van der Waals surface area contributed by atoms with Crippen molar-refractivity contribution < 1.29 is 0 Å². The molecule has 122 valence electrons. The monoisotopic (exact) mass is 301 g/mol. The Morgan fingerprint density at radius 3 is 1.25 bits per heavy atom. The van der Waals surface area contributed by atoms with Crippen LogP contribution in [0.4, 0.5) is 0 Å². The molecular formula is C18H40NP. The summed E-state index contributed by atoms with van der Waals surface area (Å²) < 4.78 is 0. The van der Waals surface area contributed by atoms with Gasteiger partial charge < -0.3 is 0 Å². The summed E-state index contributed by atoms with van der Waals surface area (Å²) in [7, 11) is 0.108. The van der Waals surface area contributed by atoms with E-state index in [0.717, 1.165) is 0 Å². The molecule has 0 aromatic carbocycles. The van der Waals surface area contributed by atoms with Crippen LogP contribution in [-0.2, 0) is 0 Å². The van der Waals surface area contributed by atoms with Crippen molar-refractivity contribution in [3.05, 3.63) is 0 Å². The molecule has 0 unspecified atom stereocenters. The highest BCUT2D eigenvalue weighted by Gasteiger charge is 1.94. The van der Waals surface area contributed by atoms with E-state index in [9.17, 15) is 0 Å². The Kier molecular flexibility index (Phi) is 17.8. The molecule has 0 aliphatic heterocycles. The maximum atomic E-state index is 3.55. The Hall–Kier alpha value is 0.390. The fraction of sp³-hybridized carbons (Fsp3) is 1.00. The van der Waals surface area contributed by atoms with Gasteiger partial charge in [-0.1, -0.05) is 90.4 Å². The Morgan fingerprint density at radius 1 is 0.550 bits per heavy atom. The molecule has 0 radical (unpaired) electrons. The van der Waals surface area contributed by atoms with Crippen LogP contribution in [0.2, 0.25) is 0 Å². The second kappa shape index (κ2) is 17.4. The van der Waals surface area contributed by atoms with Crippen molar-refractivity contribution in [2.24, 2.45) is 0 Å². The second-order valence-corrected chi connectivity index (χ2v) is 8.50. The van der Waals surface area contributed by atoms with Gasteiger partial charge in [-0.3, -0.25) is 5.09 Å². The van der Waals surface area contributed by atoms with Gasteiger partial charge in [0, 0.05) is 0 Å². The number of rotatable bonds is 16. The van der Waals surface area contributed by atoms with E-state index in [1.165, 1.54) is 96.4 Å². The first-order valence-electron chi connectivity index (χ1n) is 9.18. The second-order valence-electron chi connectivity index (χ2n) is 6.40. The molecule has 1 N–H and O–H groups in total. The summed E-state index contributed by atoms with van der Waals surface area (Å²) in [6.45, 7) is 8.11. The largest absolute Gasteiger partial charge is 0.296 e. The van der Waals surface area contributed by atoms with Crippen LogP contribution >= 0.6 is 8.07 Å². The summed E-state index contributed by atoms with van der Waals surface area (Å²) in [5, 5.41) is 3.55. The minimum absolute atomic E-state index is 0.108. The van der Waals surface area contributed by atoms with Crippen molar-refractivity contribution in [3.63, 3.8) is 0 Å². The smallest absolute Gasteiger partial charge is 0.00101 e. The predicted octanol–water partition coefficient (Wildman–Crippen LogP) is 6.71. The first-order chi connectivity index (χ1) is 9.77. The fourth-order valence-corrected chi connectivity index (χ4v) is 3.23. The Balaban J connectivity index is 2.92. The first-order valence-corrected chi connectivity index (χ1v) is 11.4. The van der Waals surface area contributed by atoms with E-state index in [4.69, 9.17) is 0 Å². The van der Waals surface area contributed by atoms with Gasteiger partial charge in [0.05, 0.1) is 0 Å². The Labute approximate surface area is 130 Å². The third-order valence-corrected chi connectivity index (χ3v) is 4.81. The van der Waals surface area contributed by atoms with Gasteiger partial charge in [-0.15, -0.1) is 0 Å². The van der Waals surface area contributed by atoms with Crippen molar-refractivity contribution >= 4 is 8.07 Å². The molecule has 0 fully saturated rings. The minimum atomic E-state index is 0.108. The fourth-order valence-electron chi connectivity index (χ4n) is 2.62. The van der Waals surface area contributed by atoms with Crippen LogP contribution in [0.1, 0.15) is 96.8 Å². The van der Waals surface area contributed by atoms with Gasteiger partial charge in [-0.2, -0.15) is 0 Å². The van der Waals surface area contributed by atoms with Crippen molar-refractivity contribution in [1.29, 1.82) is 0 Å². The topological polar surface area (TPSA) is 12.0 Å². The highest BCUT2D eigenvalue weighted by molar-refractivity contribution is 7.53. The highest BCUT2D eigenvalue weighted by atomic mass is 31.1. The summed E-state index contributed by atoms with van der Waals surface area (Å²) in [5.74, 6) is 0. The van der Waals surface area contributed by atoms with Gasteiger partial charge in [0.15, 0.2) is 0 Å². The Morgan fingerprint density at radius 2 is 0.900 bits per heavy atom. The standard InChI is InChI=1S/C18H40NP/c1-4-5-6-7-8-9-10-11-12-13-14-15-16-17-18-19-20(2)3/h19H,4-18H2,1-3H3. The van der Waals surface area contributed by atoms with Gasteiger partial charge in [0.1, 0.15) is 0 Å². The van der Waals surface area contributed by atoms with E-state index in [0.29, 0.717) is 0 Å². The molecule has 1 nitrogen and oxygen atoms in total. The Bertz CT molecular complexity index is 171. The third-order valence-electron chi connectivity index (χ3n) is 3.96.